The first-order valence-electron chi connectivity index (χ1n) is 9.93. The standard InChI is InChI=1S/C21H28N2O9/c1-11(24)23-18-20(31-14(4)27)19(30-13(3)26)17(10-28-12(2)25)32-21(18)29-9-15-5-7-16(22)8-6-15/h5-8,17-21H,9-10,22H2,1-4H3,(H,23,24)/t17-,18-,19-,20-,21?/m1/s1. The molecule has 1 saturated heterocycles. The van der Waals surface area contributed by atoms with Crippen molar-refractivity contribution in [3.05, 3.63) is 29.8 Å². The van der Waals surface area contributed by atoms with Gasteiger partial charge in [-0.05, 0) is 17.7 Å². The van der Waals surface area contributed by atoms with Gasteiger partial charge < -0.3 is 34.7 Å². The summed E-state index contributed by atoms with van der Waals surface area (Å²) in [4.78, 5) is 46.7. The van der Waals surface area contributed by atoms with Crippen LogP contribution in [0.1, 0.15) is 33.3 Å². The van der Waals surface area contributed by atoms with Crippen molar-refractivity contribution in [1.29, 1.82) is 0 Å². The van der Waals surface area contributed by atoms with Crippen molar-refractivity contribution in [1.82, 2.24) is 5.32 Å². The van der Waals surface area contributed by atoms with E-state index in [1.165, 1.54) is 27.7 Å². The van der Waals surface area contributed by atoms with Gasteiger partial charge in [0.25, 0.3) is 0 Å². The Kier molecular flexibility index (Phi) is 8.97. The number of hydrogen-bond donors (Lipinski definition) is 2. The molecule has 1 amide bonds. The number of carbonyl (C=O) groups is 4. The molecule has 1 heterocycles. The Morgan fingerprint density at radius 3 is 2.06 bits per heavy atom. The van der Waals surface area contributed by atoms with E-state index < -0.39 is 54.5 Å². The zero-order valence-corrected chi connectivity index (χ0v) is 18.4. The summed E-state index contributed by atoms with van der Waals surface area (Å²) in [6, 6.07) is 5.91. The summed E-state index contributed by atoms with van der Waals surface area (Å²) in [6.07, 6.45) is -4.46. The Bertz CT molecular complexity index is 827. The van der Waals surface area contributed by atoms with E-state index in [1.807, 2.05) is 0 Å². The molecule has 0 spiro atoms. The van der Waals surface area contributed by atoms with Crippen molar-refractivity contribution >= 4 is 29.5 Å². The second kappa shape index (κ2) is 11.4. The molecule has 1 aromatic carbocycles. The molecule has 0 aliphatic carbocycles. The van der Waals surface area contributed by atoms with Gasteiger partial charge in [0.15, 0.2) is 18.5 Å². The summed E-state index contributed by atoms with van der Waals surface area (Å²) in [5.74, 6) is -2.38. The Balaban J connectivity index is 2.35. The van der Waals surface area contributed by atoms with Crippen molar-refractivity contribution in [3.8, 4) is 0 Å². The highest BCUT2D eigenvalue weighted by atomic mass is 16.7. The van der Waals surface area contributed by atoms with Gasteiger partial charge in [-0.2, -0.15) is 0 Å². The number of nitrogens with one attached hydrogen (secondary N) is 1. The second-order valence-electron chi connectivity index (χ2n) is 7.27. The van der Waals surface area contributed by atoms with E-state index in [9.17, 15) is 19.2 Å². The number of anilines is 1. The number of benzene rings is 1. The molecule has 0 saturated carbocycles. The Morgan fingerprint density at radius 2 is 1.53 bits per heavy atom. The molecule has 11 nitrogen and oxygen atoms in total. The summed E-state index contributed by atoms with van der Waals surface area (Å²) in [7, 11) is 0. The number of nitrogen functional groups attached to an aromatic ring is 1. The first-order chi connectivity index (χ1) is 15.1. The van der Waals surface area contributed by atoms with Crippen LogP contribution in [-0.4, -0.2) is 61.1 Å². The first-order valence-corrected chi connectivity index (χ1v) is 9.93. The van der Waals surface area contributed by atoms with Gasteiger partial charge in [0, 0.05) is 33.4 Å². The van der Waals surface area contributed by atoms with E-state index in [0.717, 1.165) is 5.56 Å². The summed E-state index contributed by atoms with van der Waals surface area (Å²) >= 11 is 0. The molecule has 1 aliphatic rings. The molecule has 5 atom stereocenters. The zero-order chi connectivity index (χ0) is 23.8. The van der Waals surface area contributed by atoms with Gasteiger partial charge in [-0.25, -0.2) is 0 Å². The molecular weight excluding hydrogens is 424 g/mol. The number of amides is 1. The quantitative estimate of drug-likeness (QED) is 0.323. The lowest BCUT2D eigenvalue weighted by Gasteiger charge is -2.44. The van der Waals surface area contributed by atoms with E-state index in [-0.39, 0.29) is 13.2 Å². The van der Waals surface area contributed by atoms with E-state index in [2.05, 4.69) is 5.32 Å². The summed E-state index contributed by atoms with van der Waals surface area (Å²) in [5, 5.41) is 2.64. The Hall–Kier alpha value is -3.18. The summed E-state index contributed by atoms with van der Waals surface area (Å²) in [6.45, 7) is 4.61. The van der Waals surface area contributed by atoms with Crippen LogP contribution < -0.4 is 11.1 Å². The van der Waals surface area contributed by atoms with Crippen LogP contribution >= 0.6 is 0 Å². The van der Waals surface area contributed by atoms with E-state index in [4.69, 9.17) is 29.4 Å². The average Bonchev–Trinajstić information content (AvgIpc) is 2.69. The van der Waals surface area contributed by atoms with Gasteiger partial charge in [-0.3, -0.25) is 19.2 Å². The molecule has 3 N–H and O–H groups in total. The van der Waals surface area contributed by atoms with Crippen molar-refractivity contribution < 1.29 is 42.9 Å². The number of ether oxygens (including phenoxy) is 5. The van der Waals surface area contributed by atoms with Crippen LogP contribution in [0.3, 0.4) is 0 Å². The van der Waals surface area contributed by atoms with Crippen LogP contribution in [0.2, 0.25) is 0 Å². The monoisotopic (exact) mass is 452 g/mol. The van der Waals surface area contributed by atoms with E-state index in [1.54, 1.807) is 24.3 Å². The number of esters is 3. The molecule has 0 radical (unpaired) electrons. The molecule has 2 rings (SSSR count). The summed E-state index contributed by atoms with van der Waals surface area (Å²) < 4.78 is 27.6. The van der Waals surface area contributed by atoms with E-state index >= 15 is 0 Å². The molecule has 1 aliphatic heterocycles. The number of rotatable bonds is 8. The van der Waals surface area contributed by atoms with Gasteiger partial charge in [0.1, 0.15) is 18.8 Å². The van der Waals surface area contributed by atoms with Gasteiger partial charge in [0.2, 0.25) is 5.91 Å². The largest absolute Gasteiger partial charge is 0.463 e. The van der Waals surface area contributed by atoms with Gasteiger partial charge in [0.05, 0.1) is 6.61 Å². The van der Waals surface area contributed by atoms with Crippen LogP contribution in [-0.2, 0) is 49.5 Å². The highest BCUT2D eigenvalue weighted by molar-refractivity contribution is 5.73. The SMILES string of the molecule is CC(=O)N[C@H]1C(OCc2ccc(N)cc2)O[C@H](COC(C)=O)[C@@H](OC(C)=O)[C@@H]1OC(C)=O. The van der Waals surface area contributed by atoms with Crippen molar-refractivity contribution in [2.45, 2.75) is 64.9 Å². The van der Waals surface area contributed by atoms with Gasteiger partial charge in [-0.1, -0.05) is 12.1 Å². The predicted octanol–water partition coefficient (Wildman–Crippen LogP) is 0.442. The molecule has 1 unspecified atom stereocenters. The Morgan fingerprint density at radius 1 is 0.938 bits per heavy atom. The normalized spacial score (nSPS) is 24.8. The first kappa shape index (κ1) is 25.1. The van der Waals surface area contributed by atoms with Gasteiger partial charge in [-0.15, -0.1) is 0 Å². The van der Waals surface area contributed by atoms with E-state index in [0.29, 0.717) is 5.69 Å². The summed E-state index contributed by atoms with van der Waals surface area (Å²) in [5.41, 5.74) is 7.05. The predicted molar refractivity (Wildman–Crippen MR) is 110 cm³/mol. The molecule has 1 aromatic rings. The number of carbonyl (C=O) groups excluding carboxylic acids is 4. The van der Waals surface area contributed by atoms with Crippen LogP contribution in [0.4, 0.5) is 5.69 Å². The Labute approximate surface area is 185 Å². The third kappa shape index (κ3) is 7.50. The van der Waals surface area contributed by atoms with Crippen molar-refractivity contribution in [3.63, 3.8) is 0 Å². The third-order valence-electron chi connectivity index (χ3n) is 4.47. The molecule has 0 aromatic heterocycles. The highest BCUT2D eigenvalue weighted by Crippen LogP contribution is 2.28. The van der Waals surface area contributed by atoms with Crippen LogP contribution in [0, 0.1) is 0 Å². The van der Waals surface area contributed by atoms with Crippen LogP contribution in [0.25, 0.3) is 0 Å². The minimum atomic E-state index is -1.16. The maximum Gasteiger partial charge on any atom is 0.303 e. The maximum absolute atomic E-state index is 11.9. The molecular formula is C21H28N2O9. The van der Waals surface area contributed by atoms with Crippen molar-refractivity contribution in [2.75, 3.05) is 12.3 Å². The van der Waals surface area contributed by atoms with Crippen LogP contribution in [0.5, 0.6) is 0 Å². The lowest BCUT2D eigenvalue weighted by Crippen LogP contribution is -2.66. The number of nitrogens with two attached hydrogens (primary N) is 1. The fourth-order valence-electron chi connectivity index (χ4n) is 3.23. The fourth-order valence-corrected chi connectivity index (χ4v) is 3.23. The fraction of sp³-hybridized carbons (Fsp3) is 0.524. The molecule has 176 valence electrons. The molecule has 1 fully saturated rings. The average molecular weight is 452 g/mol. The molecule has 32 heavy (non-hydrogen) atoms. The van der Waals surface area contributed by atoms with Gasteiger partial charge >= 0.3 is 17.9 Å². The lowest BCUT2D eigenvalue weighted by molar-refractivity contribution is -0.280. The topological polar surface area (TPSA) is 152 Å². The number of hydrogen-bond acceptors (Lipinski definition) is 10. The maximum atomic E-state index is 11.9. The minimum Gasteiger partial charge on any atom is -0.463 e. The molecule has 0 bridgehead atoms. The zero-order valence-electron chi connectivity index (χ0n) is 18.4. The lowest BCUT2D eigenvalue weighted by atomic mass is 9.96. The highest BCUT2D eigenvalue weighted by Gasteiger charge is 2.51. The second-order valence-corrected chi connectivity index (χ2v) is 7.27. The smallest absolute Gasteiger partial charge is 0.303 e. The third-order valence-corrected chi connectivity index (χ3v) is 4.47. The minimum absolute atomic E-state index is 0.0757. The van der Waals surface area contributed by atoms with Crippen LogP contribution in [0.15, 0.2) is 24.3 Å². The van der Waals surface area contributed by atoms with Crippen molar-refractivity contribution in [2.24, 2.45) is 0 Å². The molecule has 11 heteroatoms.